The molecule has 0 N–H and O–H groups in total. The third-order valence-electron chi connectivity index (χ3n) is 0.926. The van der Waals surface area contributed by atoms with Crippen LogP contribution in [0, 0.1) is 0 Å². The molecule has 0 rings (SSSR count). The van der Waals surface area contributed by atoms with Gasteiger partial charge in [-0.05, 0) is 20.8 Å². The van der Waals surface area contributed by atoms with E-state index in [1.54, 1.807) is 0 Å². The Morgan fingerprint density at radius 1 is 1.33 bits per heavy atom. The van der Waals surface area contributed by atoms with Crippen LogP contribution < -0.4 is 0 Å². The monoisotopic (exact) mass is 176 g/mol. The van der Waals surface area contributed by atoms with Gasteiger partial charge >= 0.3 is 5.97 Å². The van der Waals surface area contributed by atoms with Crippen LogP contribution in [0.3, 0.4) is 0 Å². The Bertz CT molecular complexity index is 136. The van der Waals surface area contributed by atoms with Gasteiger partial charge in [0.05, 0.1) is 25.7 Å². The second kappa shape index (κ2) is 5.11. The fourth-order valence-electron chi connectivity index (χ4n) is 0.446. The van der Waals surface area contributed by atoms with Crippen molar-refractivity contribution >= 4 is 5.97 Å². The minimum atomic E-state index is -0.337. The summed E-state index contributed by atoms with van der Waals surface area (Å²) in [6.07, 6.45) is 0.215. The normalized spacial score (nSPS) is 11.3. The van der Waals surface area contributed by atoms with E-state index < -0.39 is 0 Å². The van der Waals surface area contributed by atoms with Crippen LogP contribution in [-0.4, -0.2) is 25.3 Å². The van der Waals surface area contributed by atoms with Crippen LogP contribution in [0.4, 0.5) is 0 Å². The van der Waals surface area contributed by atoms with Crippen LogP contribution in [-0.2, 0) is 19.3 Å². The summed E-state index contributed by atoms with van der Waals surface area (Å²) >= 11 is 0. The first-order valence-electron chi connectivity index (χ1n) is 3.83. The van der Waals surface area contributed by atoms with E-state index in [4.69, 9.17) is 9.78 Å². The minimum Gasteiger partial charge on any atom is -0.469 e. The average molecular weight is 176 g/mol. The van der Waals surface area contributed by atoms with Gasteiger partial charge in [0.1, 0.15) is 0 Å². The summed E-state index contributed by atoms with van der Waals surface area (Å²) in [5.41, 5.74) is -0.337. The Morgan fingerprint density at radius 3 is 2.33 bits per heavy atom. The van der Waals surface area contributed by atoms with Crippen molar-refractivity contribution in [3.05, 3.63) is 0 Å². The molecule has 0 saturated heterocycles. The predicted octanol–water partition coefficient (Wildman–Crippen LogP) is 1.30. The lowest BCUT2D eigenvalue weighted by atomic mass is 10.2. The number of esters is 1. The Kier molecular flexibility index (Phi) is 4.85. The van der Waals surface area contributed by atoms with Crippen molar-refractivity contribution in [2.45, 2.75) is 32.8 Å². The summed E-state index contributed by atoms with van der Waals surface area (Å²) in [4.78, 5) is 20.3. The molecule has 0 spiro atoms. The average Bonchev–Trinajstić information content (AvgIpc) is 1.96. The summed E-state index contributed by atoms with van der Waals surface area (Å²) in [6.45, 7) is 5.82. The molecule has 4 heteroatoms. The minimum absolute atomic E-state index is 0.215. The third-order valence-corrected chi connectivity index (χ3v) is 0.926. The number of rotatable bonds is 4. The Hall–Kier alpha value is -0.610. The van der Waals surface area contributed by atoms with Gasteiger partial charge in [-0.3, -0.25) is 4.79 Å². The second-order valence-corrected chi connectivity index (χ2v) is 3.34. The molecular formula is C8H16O4. The van der Waals surface area contributed by atoms with Gasteiger partial charge < -0.3 is 4.74 Å². The lowest BCUT2D eigenvalue weighted by molar-refractivity contribution is -0.348. The maximum atomic E-state index is 10.6. The van der Waals surface area contributed by atoms with Crippen LogP contribution in [0.25, 0.3) is 0 Å². The van der Waals surface area contributed by atoms with Crippen LogP contribution in [0.2, 0.25) is 0 Å². The maximum absolute atomic E-state index is 10.6. The number of carbonyl (C=O) groups is 1. The van der Waals surface area contributed by atoms with Crippen molar-refractivity contribution in [2.75, 3.05) is 13.7 Å². The Balaban J connectivity index is 3.28. The van der Waals surface area contributed by atoms with Gasteiger partial charge in [-0.2, -0.15) is 0 Å². The molecule has 0 aromatic heterocycles. The van der Waals surface area contributed by atoms with Crippen molar-refractivity contribution in [3.8, 4) is 0 Å². The van der Waals surface area contributed by atoms with E-state index in [-0.39, 0.29) is 24.6 Å². The molecular weight excluding hydrogens is 160 g/mol. The molecule has 0 aliphatic carbocycles. The summed E-state index contributed by atoms with van der Waals surface area (Å²) in [5, 5.41) is 0. The summed E-state index contributed by atoms with van der Waals surface area (Å²) in [5.74, 6) is -0.299. The van der Waals surface area contributed by atoms with Gasteiger partial charge in [0.25, 0.3) is 0 Å². The van der Waals surface area contributed by atoms with E-state index in [1.165, 1.54) is 7.11 Å². The molecule has 0 aliphatic rings. The van der Waals surface area contributed by atoms with Gasteiger partial charge in [0, 0.05) is 0 Å². The zero-order valence-corrected chi connectivity index (χ0v) is 8.05. The number of carbonyl (C=O) groups excluding carboxylic acids is 1. The molecule has 0 fully saturated rings. The highest BCUT2D eigenvalue weighted by atomic mass is 17.2. The number of methoxy groups -OCH3 is 1. The van der Waals surface area contributed by atoms with E-state index in [0.29, 0.717) is 0 Å². The third kappa shape index (κ3) is 7.50. The first-order valence-corrected chi connectivity index (χ1v) is 3.83. The molecule has 0 atom stereocenters. The number of hydrogen-bond donors (Lipinski definition) is 0. The highest BCUT2D eigenvalue weighted by molar-refractivity contribution is 5.69. The summed E-state index contributed by atoms with van der Waals surface area (Å²) in [6, 6.07) is 0. The van der Waals surface area contributed by atoms with Crippen molar-refractivity contribution in [2.24, 2.45) is 0 Å². The van der Waals surface area contributed by atoms with Gasteiger partial charge in [0.15, 0.2) is 0 Å². The van der Waals surface area contributed by atoms with Crippen molar-refractivity contribution in [1.29, 1.82) is 0 Å². The largest absolute Gasteiger partial charge is 0.469 e. The zero-order chi connectivity index (χ0) is 9.61. The van der Waals surface area contributed by atoms with Gasteiger partial charge in [0.2, 0.25) is 0 Å². The number of ether oxygens (including phenoxy) is 1. The van der Waals surface area contributed by atoms with Crippen LogP contribution >= 0.6 is 0 Å². The van der Waals surface area contributed by atoms with Crippen LogP contribution in [0.1, 0.15) is 27.2 Å². The van der Waals surface area contributed by atoms with Crippen molar-refractivity contribution in [1.82, 2.24) is 0 Å². The predicted molar refractivity (Wildman–Crippen MR) is 43.4 cm³/mol. The molecule has 0 unspecified atom stereocenters. The molecule has 0 amide bonds. The molecule has 0 radical (unpaired) electrons. The standard InChI is InChI=1S/C8H16O4/c1-8(2,3)12-11-6-5-7(9)10-4/h5-6H2,1-4H3. The number of hydrogen-bond acceptors (Lipinski definition) is 4. The molecule has 72 valence electrons. The Labute approximate surface area is 72.7 Å². The quantitative estimate of drug-likeness (QED) is 0.280. The SMILES string of the molecule is COC(=O)CCOOC(C)(C)C. The van der Waals surface area contributed by atoms with Gasteiger partial charge in [-0.25, -0.2) is 9.78 Å². The van der Waals surface area contributed by atoms with E-state index in [9.17, 15) is 4.79 Å². The molecule has 12 heavy (non-hydrogen) atoms. The Morgan fingerprint density at radius 2 is 1.92 bits per heavy atom. The lowest BCUT2D eigenvalue weighted by Gasteiger charge is -2.16. The molecule has 0 bridgehead atoms. The first-order chi connectivity index (χ1) is 5.45. The molecule has 0 heterocycles. The topological polar surface area (TPSA) is 44.8 Å². The molecule has 0 aliphatic heterocycles. The fraction of sp³-hybridized carbons (Fsp3) is 0.875. The van der Waals surface area contributed by atoms with E-state index >= 15 is 0 Å². The molecule has 0 aromatic carbocycles. The molecule has 0 aromatic rings. The van der Waals surface area contributed by atoms with E-state index in [0.717, 1.165) is 0 Å². The first kappa shape index (κ1) is 11.4. The van der Waals surface area contributed by atoms with Crippen molar-refractivity contribution in [3.63, 3.8) is 0 Å². The van der Waals surface area contributed by atoms with Crippen molar-refractivity contribution < 1.29 is 19.3 Å². The van der Waals surface area contributed by atoms with Crippen LogP contribution in [0.5, 0.6) is 0 Å². The van der Waals surface area contributed by atoms with E-state index in [2.05, 4.69) is 4.74 Å². The lowest BCUT2D eigenvalue weighted by Crippen LogP contribution is -2.20. The fourth-order valence-corrected chi connectivity index (χ4v) is 0.446. The smallest absolute Gasteiger partial charge is 0.307 e. The van der Waals surface area contributed by atoms with Gasteiger partial charge in [-0.15, -0.1) is 0 Å². The highest BCUT2D eigenvalue weighted by Crippen LogP contribution is 2.06. The van der Waals surface area contributed by atoms with Crippen LogP contribution in [0.15, 0.2) is 0 Å². The summed E-state index contributed by atoms with van der Waals surface area (Å²) in [7, 11) is 1.34. The molecule has 0 saturated carbocycles. The van der Waals surface area contributed by atoms with Gasteiger partial charge in [-0.1, -0.05) is 0 Å². The highest BCUT2D eigenvalue weighted by Gasteiger charge is 2.11. The zero-order valence-electron chi connectivity index (χ0n) is 8.05. The second-order valence-electron chi connectivity index (χ2n) is 3.34. The summed E-state index contributed by atoms with van der Waals surface area (Å²) < 4.78 is 4.41. The maximum Gasteiger partial charge on any atom is 0.307 e. The molecule has 4 nitrogen and oxygen atoms in total. The van der Waals surface area contributed by atoms with E-state index in [1.807, 2.05) is 20.8 Å².